The second kappa shape index (κ2) is 5.35. The number of halogens is 1. The first-order chi connectivity index (χ1) is 9.65. The zero-order chi connectivity index (χ0) is 14.1. The van der Waals surface area contributed by atoms with Crippen molar-refractivity contribution in [1.82, 2.24) is 0 Å². The van der Waals surface area contributed by atoms with Gasteiger partial charge in [0.1, 0.15) is 0 Å². The van der Waals surface area contributed by atoms with Crippen LogP contribution in [0.2, 0.25) is 5.02 Å². The van der Waals surface area contributed by atoms with Crippen LogP contribution in [0.25, 0.3) is 0 Å². The van der Waals surface area contributed by atoms with E-state index in [0.717, 1.165) is 10.7 Å². The molecule has 0 aromatic heterocycles. The van der Waals surface area contributed by atoms with Gasteiger partial charge in [-0.2, -0.15) is 0 Å². The lowest BCUT2D eigenvalue weighted by Crippen LogP contribution is -2.11. The summed E-state index contributed by atoms with van der Waals surface area (Å²) in [6.07, 6.45) is 1.67. The first kappa shape index (κ1) is 13.3. The van der Waals surface area contributed by atoms with E-state index in [1.54, 1.807) is 42.1 Å². The zero-order valence-electron chi connectivity index (χ0n) is 10.8. The molecule has 0 radical (unpaired) electrons. The number of ketones is 1. The van der Waals surface area contributed by atoms with Crippen LogP contribution in [0, 0.1) is 0 Å². The Hall–Kier alpha value is -1.71. The van der Waals surface area contributed by atoms with Crippen molar-refractivity contribution in [2.45, 2.75) is 4.90 Å². The monoisotopic (exact) mass is 301 g/mol. The number of carbonyl (C=O) groups is 1. The fourth-order valence-corrected chi connectivity index (χ4v) is 3.27. The Bertz CT molecular complexity index is 694. The second-order valence-corrected chi connectivity index (χ2v) is 5.98. The van der Waals surface area contributed by atoms with Crippen molar-refractivity contribution < 1.29 is 4.79 Å². The van der Waals surface area contributed by atoms with Crippen LogP contribution in [0.15, 0.2) is 64.5 Å². The number of nitrogens with zero attached hydrogens (tertiary/aromatic N) is 1. The van der Waals surface area contributed by atoms with Crippen molar-refractivity contribution in [3.8, 4) is 0 Å². The molecule has 0 atom stereocenters. The molecule has 2 aromatic carbocycles. The van der Waals surface area contributed by atoms with Gasteiger partial charge >= 0.3 is 0 Å². The molecule has 0 bridgehead atoms. The molecule has 3 rings (SSSR count). The van der Waals surface area contributed by atoms with Crippen LogP contribution >= 0.6 is 23.4 Å². The molecule has 0 spiro atoms. The third-order valence-electron chi connectivity index (χ3n) is 3.16. The number of hydrogen-bond donors (Lipinski definition) is 0. The van der Waals surface area contributed by atoms with E-state index in [9.17, 15) is 4.79 Å². The molecule has 0 saturated carbocycles. The molecule has 1 heterocycles. The molecular weight excluding hydrogens is 290 g/mol. The predicted octanol–water partition coefficient (Wildman–Crippen LogP) is 4.61. The lowest BCUT2D eigenvalue weighted by molar-refractivity contribution is 0.104. The van der Waals surface area contributed by atoms with E-state index in [1.807, 2.05) is 24.1 Å². The van der Waals surface area contributed by atoms with Gasteiger partial charge in [-0.05, 0) is 36.4 Å². The lowest BCUT2D eigenvalue weighted by atomic mass is 10.1. The van der Waals surface area contributed by atoms with E-state index in [1.165, 1.54) is 4.90 Å². The molecular formula is C16H12ClNOS. The predicted molar refractivity (Wildman–Crippen MR) is 84.6 cm³/mol. The summed E-state index contributed by atoms with van der Waals surface area (Å²) in [5.41, 5.74) is 1.78. The SMILES string of the molecule is CN1/C(=C\C(=O)c2ccc(Cl)cc2)Sc2ccccc21. The smallest absolute Gasteiger partial charge is 0.188 e. The summed E-state index contributed by atoms with van der Waals surface area (Å²) in [4.78, 5) is 15.5. The number of carbonyl (C=O) groups excluding carboxylic acids is 1. The summed E-state index contributed by atoms with van der Waals surface area (Å²) in [7, 11) is 1.97. The minimum absolute atomic E-state index is 0.0103. The van der Waals surface area contributed by atoms with Crippen molar-refractivity contribution >= 4 is 34.8 Å². The number of rotatable bonds is 2. The Morgan fingerprint density at radius 1 is 1.15 bits per heavy atom. The highest BCUT2D eigenvalue weighted by molar-refractivity contribution is 8.03. The van der Waals surface area contributed by atoms with Crippen LogP contribution in [-0.2, 0) is 0 Å². The summed E-state index contributed by atoms with van der Waals surface area (Å²) in [5.74, 6) is -0.0103. The average molecular weight is 302 g/mol. The van der Waals surface area contributed by atoms with Crippen LogP contribution in [0.3, 0.4) is 0 Å². The number of thioether (sulfide) groups is 1. The fourth-order valence-electron chi connectivity index (χ4n) is 2.06. The number of benzene rings is 2. The first-order valence-electron chi connectivity index (χ1n) is 6.17. The average Bonchev–Trinajstić information content (AvgIpc) is 2.77. The Kier molecular flexibility index (Phi) is 3.55. The zero-order valence-corrected chi connectivity index (χ0v) is 12.4. The number of fused-ring (bicyclic) bond motifs is 1. The van der Waals surface area contributed by atoms with E-state index in [2.05, 4.69) is 12.1 Å². The maximum atomic E-state index is 12.2. The standard InChI is InChI=1S/C16H12ClNOS/c1-18-13-4-2-3-5-15(13)20-16(18)10-14(19)11-6-8-12(17)9-7-11/h2-10H,1H3/b16-10+. The van der Waals surface area contributed by atoms with Gasteiger partial charge in [0.25, 0.3) is 0 Å². The van der Waals surface area contributed by atoms with Gasteiger partial charge in [-0.25, -0.2) is 0 Å². The summed E-state index contributed by atoms with van der Waals surface area (Å²) in [5, 5.41) is 1.57. The van der Waals surface area contributed by atoms with E-state index >= 15 is 0 Å². The van der Waals surface area contributed by atoms with Crippen molar-refractivity contribution in [3.05, 3.63) is 70.2 Å². The quantitative estimate of drug-likeness (QED) is 0.597. The Labute approximate surface area is 127 Å². The van der Waals surface area contributed by atoms with Gasteiger partial charge in [0, 0.05) is 28.6 Å². The van der Waals surface area contributed by atoms with Gasteiger partial charge in [0.05, 0.1) is 10.7 Å². The Morgan fingerprint density at radius 3 is 2.55 bits per heavy atom. The van der Waals surface area contributed by atoms with Crippen molar-refractivity contribution in [3.63, 3.8) is 0 Å². The summed E-state index contributed by atoms with van der Waals surface area (Å²) in [6, 6.07) is 15.1. The largest absolute Gasteiger partial charge is 0.338 e. The number of para-hydroxylation sites is 1. The van der Waals surface area contributed by atoms with Gasteiger partial charge < -0.3 is 4.90 Å². The number of anilines is 1. The van der Waals surface area contributed by atoms with Crippen molar-refractivity contribution in [1.29, 1.82) is 0 Å². The maximum absolute atomic E-state index is 12.2. The fraction of sp³-hybridized carbons (Fsp3) is 0.0625. The highest BCUT2D eigenvalue weighted by Gasteiger charge is 2.22. The van der Waals surface area contributed by atoms with Crippen molar-refractivity contribution in [2.24, 2.45) is 0 Å². The number of allylic oxidation sites excluding steroid dienone is 1. The molecule has 0 N–H and O–H groups in total. The molecule has 2 aromatic rings. The Morgan fingerprint density at radius 2 is 1.85 bits per heavy atom. The summed E-state index contributed by atoms with van der Waals surface area (Å²) < 4.78 is 0. The van der Waals surface area contributed by atoms with Gasteiger partial charge in [-0.1, -0.05) is 35.5 Å². The van der Waals surface area contributed by atoms with Crippen LogP contribution in [0.5, 0.6) is 0 Å². The minimum Gasteiger partial charge on any atom is -0.338 e. The molecule has 0 saturated heterocycles. The molecule has 0 aliphatic carbocycles. The van der Waals surface area contributed by atoms with Crippen LogP contribution in [-0.4, -0.2) is 12.8 Å². The maximum Gasteiger partial charge on any atom is 0.188 e. The lowest BCUT2D eigenvalue weighted by Gasteiger charge is -2.12. The Balaban J connectivity index is 1.87. The van der Waals surface area contributed by atoms with E-state index in [-0.39, 0.29) is 5.78 Å². The van der Waals surface area contributed by atoms with Crippen LogP contribution in [0.4, 0.5) is 5.69 Å². The molecule has 0 amide bonds. The topological polar surface area (TPSA) is 20.3 Å². The molecule has 20 heavy (non-hydrogen) atoms. The van der Waals surface area contributed by atoms with Gasteiger partial charge in [0.2, 0.25) is 0 Å². The molecule has 0 fully saturated rings. The molecule has 100 valence electrons. The highest BCUT2D eigenvalue weighted by atomic mass is 35.5. The number of hydrogen-bond acceptors (Lipinski definition) is 3. The minimum atomic E-state index is -0.0103. The first-order valence-corrected chi connectivity index (χ1v) is 7.37. The second-order valence-electron chi connectivity index (χ2n) is 4.48. The van der Waals surface area contributed by atoms with Crippen LogP contribution in [0.1, 0.15) is 10.4 Å². The molecule has 1 aliphatic heterocycles. The molecule has 1 aliphatic rings. The van der Waals surface area contributed by atoms with Crippen molar-refractivity contribution in [2.75, 3.05) is 11.9 Å². The summed E-state index contributed by atoms with van der Waals surface area (Å²) in [6.45, 7) is 0. The molecule has 0 unspecified atom stereocenters. The normalized spacial score (nSPS) is 15.5. The van der Waals surface area contributed by atoms with Crippen LogP contribution < -0.4 is 4.90 Å². The van der Waals surface area contributed by atoms with Gasteiger partial charge in [-0.3, -0.25) is 4.79 Å². The van der Waals surface area contributed by atoms with E-state index in [4.69, 9.17) is 11.6 Å². The molecule has 2 nitrogen and oxygen atoms in total. The third kappa shape index (κ3) is 2.47. The molecule has 4 heteroatoms. The third-order valence-corrected chi connectivity index (χ3v) is 4.57. The van der Waals surface area contributed by atoms with Gasteiger partial charge in [0.15, 0.2) is 5.78 Å². The van der Waals surface area contributed by atoms with E-state index in [0.29, 0.717) is 10.6 Å². The highest BCUT2D eigenvalue weighted by Crippen LogP contribution is 2.44. The van der Waals surface area contributed by atoms with E-state index < -0.39 is 0 Å². The van der Waals surface area contributed by atoms with Gasteiger partial charge in [-0.15, -0.1) is 0 Å². The summed E-state index contributed by atoms with van der Waals surface area (Å²) >= 11 is 7.44.